The highest BCUT2D eigenvalue weighted by molar-refractivity contribution is 6.30. The molecule has 0 radical (unpaired) electrons. The Bertz CT molecular complexity index is 920. The van der Waals surface area contributed by atoms with Gasteiger partial charge in [0.1, 0.15) is 0 Å². The Hall–Kier alpha value is -2.43. The van der Waals surface area contributed by atoms with Crippen molar-refractivity contribution in [1.29, 1.82) is 0 Å². The highest BCUT2D eigenvalue weighted by atomic mass is 35.5. The van der Waals surface area contributed by atoms with Crippen molar-refractivity contribution in [3.63, 3.8) is 0 Å². The fourth-order valence-corrected chi connectivity index (χ4v) is 3.76. The molecule has 138 valence electrons. The van der Waals surface area contributed by atoms with Crippen LogP contribution in [0.25, 0.3) is 11.1 Å². The van der Waals surface area contributed by atoms with Crippen molar-refractivity contribution in [2.24, 2.45) is 0 Å². The van der Waals surface area contributed by atoms with Crippen LogP contribution in [0.4, 0.5) is 5.95 Å². The fraction of sp³-hybridized carbons (Fsp3) is 0.273. The van der Waals surface area contributed by atoms with Crippen LogP contribution in [0.15, 0.2) is 60.8 Å². The van der Waals surface area contributed by atoms with Crippen molar-refractivity contribution in [3.05, 3.63) is 77.1 Å². The molecule has 0 spiro atoms. The lowest BCUT2D eigenvalue weighted by molar-refractivity contribution is 0.0115. The molecule has 1 aliphatic heterocycles. The van der Waals surface area contributed by atoms with Crippen molar-refractivity contribution in [2.45, 2.75) is 25.4 Å². The van der Waals surface area contributed by atoms with Gasteiger partial charge in [-0.25, -0.2) is 9.97 Å². The predicted molar refractivity (Wildman–Crippen MR) is 109 cm³/mol. The number of hydrogen-bond acceptors (Lipinski definition) is 4. The van der Waals surface area contributed by atoms with Crippen molar-refractivity contribution in [1.82, 2.24) is 9.97 Å². The molecule has 1 fully saturated rings. The van der Waals surface area contributed by atoms with Crippen molar-refractivity contribution >= 4 is 17.5 Å². The largest absolute Gasteiger partial charge is 0.385 e. The Kier molecular flexibility index (Phi) is 4.85. The van der Waals surface area contributed by atoms with Crippen molar-refractivity contribution < 1.29 is 5.11 Å². The third kappa shape index (κ3) is 3.68. The van der Waals surface area contributed by atoms with Crippen LogP contribution in [0.3, 0.4) is 0 Å². The Morgan fingerprint density at radius 3 is 2.30 bits per heavy atom. The van der Waals surface area contributed by atoms with Crippen molar-refractivity contribution in [3.8, 4) is 11.1 Å². The Balaban J connectivity index is 1.50. The Morgan fingerprint density at radius 1 is 1.00 bits per heavy atom. The summed E-state index contributed by atoms with van der Waals surface area (Å²) >= 11 is 5.96. The molecule has 1 aliphatic rings. The highest BCUT2D eigenvalue weighted by Gasteiger charge is 2.34. The van der Waals surface area contributed by atoms with Gasteiger partial charge in [0.2, 0.25) is 5.95 Å². The minimum atomic E-state index is -0.819. The number of aliphatic hydroxyl groups is 1. The molecule has 2 heterocycles. The van der Waals surface area contributed by atoms with E-state index in [0.717, 1.165) is 28.3 Å². The van der Waals surface area contributed by atoms with Gasteiger partial charge < -0.3 is 10.0 Å². The van der Waals surface area contributed by atoms with E-state index >= 15 is 0 Å². The van der Waals surface area contributed by atoms with E-state index in [1.54, 1.807) is 0 Å². The summed E-state index contributed by atoms with van der Waals surface area (Å²) in [6, 6.07) is 17.7. The molecule has 5 heteroatoms. The fourth-order valence-electron chi connectivity index (χ4n) is 3.63. The van der Waals surface area contributed by atoms with Gasteiger partial charge in [0.25, 0.3) is 0 Å². The summed E-state index contributed by atoms with van der Waals surface area (Å²) in [5.74, 6) is 0.727. The molecule has 1 aromatic heterocycles. The maximum absolute atomic E-state index is 11.0. The van der Waals surface area contributed by atoms with Crippen LogP contribution in [-0.2, 0) is 5.60 Å². The van der Waals surface area contributed by atoms with E-state index in [4.69, 9.17) is 16.6 Å². The second kappa shape index (κ2) is 7.29. The second-order valence-corrected chi connectivity index (χ2v) is 7.50. The summed E-state index contributed by atoms with van der Waals surface area (Å²) in [5.41, 5.74) is 3.24. The highest BCUT2D eigenvalue weighted by Crippen LogP contribution is 2.34. The molecule has 0 atom stereocenters. The molecule has 0 saturated carbocycles. The Morgan fingerprint density at radius 2 is 1.67 bits per heavy atom. The number of anilines is 1. The lowest BCUT2D eigenvalue weighted by atomic mass is 9.84. The Labute approximate surface area is 164 Å². The summed E-state index contributed by atoms with van der Waals surface area (Å²) in [7, 11) is 0. The summed E-state index contributed by atoms with van der Waals surface area (Å²) in [6.45, 7) is 3.44. The minimum Gasteiger partial charge on any atom is -0.385 e. The standard InChI is InChI=1S/C22H22ClN3O/c1-16-20(17-5-3-2-4-6-17)15-24-21(25-16)26-13-11-22(27,12-14-26)18-7-9-19(23)10-8-18/h2-10,15,27H,11-14H2,1H3. The zero-order valence-corrected chi connectivity index (χ0v) is 16.0. The first-order chi connectivity index (χ1) is 13.0. The average molecular weight is 380 g/mol. The summed E-state index contributed by atoms with van der Waals surface area (Å²) in [4.78, 5) is 11.5. The third-order valence-electron chi connectivity index (χ3n) is 5.31. The normalized spacial score (nSPS) is 16.3. The van der Waals surface area contributed by atoms with Gasteiger partial charge in [-0.15, -0.1) is 0 Å². The molecule has 4 rings (SSSR count). The lowest BCUT2D eigenvalue weighted by Crippen LogP contribution is -2.43. The average Bonchev–Trinajstić information content (AvgIpc) is 2.69. The molecule has 4 nitrogen and oxygen atoms in total. The van der Waals surface area contributed by atoms with E-state index in [0.29, 0.717) is 31.0 Å². The number of aryl methyl sites for hydroxylation is 1. The molecule has 2 aromatic carbocycles. The van der Waals surface area contributed by atoms with Crippen LogP contribution in [-0.4, -0.2) is 28.2 Å². The molecule has 0 unspecified atom stereocenters. The molecule has 27 heavy (non-hydrogen) atoms. The molecule has 1 N–H and O–H groups in total. The maximum Gasteiger partial charge on any atom is 0.225 e. The lowest BCUT2D eigenvalue weighted by Gasteiger charge is -2.38. The first-order valence-electron chi connectivity index (χ1n) is 9.18. The van der Waals surface area contributed by atoms with Gasteiger partial charge in [-0.05, 0) is 43.0 Å². The van der Waals surface area contributed by atoms with E-state index in [9.17, 15) is 5.11 Å². The van der Waals surface area contributed by atoms with Crippen LogP contribution in [0.1, 0.15) is 24.1 Å². The molecular weight excluding hydrogens is 358 g/mol. The van der Waals surface area contributed by atoms with E-state index in [1.807, 2.05) is 55.6 Å². The quantitative estimate of drug-likeness (QED) is 0.722. The maximum atomic E-state index is 11.0. The zero-order chi connectivity index (χ0) is 18.9. The van der Waals surface area contributed by atoms with Gasteiger partial charge in [0, 0.05) is 29.9 Å². The van der Waals surface area contributed by atoms with E-state index in [2.05, 4.69) is 22.0 Å². The summed E-state index contributed by atoms with van der Waals surface area (Å²) in [5, 5.41) is 11.7. The molecule has 0 bridgehead atoms. The number of piperidine rings is 1. The third-order valence-corrected chi connectivity index (χ3v) is 5.56. The molecule has 1 saturated heterocycles. The second-order valence-electron chi connectivity index (χ2n) is 7.06. The van der Waals surface area contributed by atoms with Crippen LogP contribution in [0.5, 0.6) is 0 Å². The number of aromatic nitrogens is 2. The topological polar surface area (TPSA) is 49.2 Å². The van der Waals surface area contributed by atoms with Crippen LogP contribution < -0.4 is 4.90 Å². The minimum absolute atomic E-state index is 0.636. The SMILES string of the molecule is Cc1nc(N2CCC(O)(c3ccc(Cl)cc3)CC2)ncc1-c1ccccc1. The van der Waals surface area contributed by atoms with Gasteiger partial charge in [-0.2, -0.15) is 0 Å². The van der Waals surface area contributed by atoms with Crippen LogP contribution >= 0.6 is 11.6 Å². The molecule has 3 aromatic rings. The number of rotatable bonds is 3. The van der Waals surface area contributed by atoms with Gasteiger partial charge in [-0.3, -0.25) is 0 Å². The van der Waals surface area contributed by atoms with E-state index in [-0.39, 0.29) is 0 Å². The molecule has 0 aliphatic carbocycles. The number of benzene rings is 2. The van der Waals surface area contributed by atoms with Gasteiger partial charge in [0.15, 0.2) is 0 Å². The first kappa shape index (κ1) is 18.0. The van der Waals surface area contributed by atoms with E-state index < -0.39 is 5.60 Å². The molecule has 0 amide bonds. The zero-order valence-electron chi connectivity index (χ0n) is 15.3. The summed E-state index contributed by atoms with van der Waals surface area (Å²) in [6.07, 6.45) is 3.17. The predicted octanol–water partition coefficient (Wildman–Crippen LogP) is 4.59. The van der Waals surface area contributed by atoms with Crippen LogP contribution in [0.2, 0.25) is 5.02 Å². The van der Waals surface area contributed by atoms with Gasteiger partial charge in [-0.1, -0.05) is 54.1 Å². The number of halogens is 1. The number of nitrogens with zero attached hydrogens (tertiary/aromatic N) is 3. The van der Waals surface area contributed by atoms with Crippen LogP contribution in [0, 0.1) is 6.92 Å². The van der Waals surface area contributed by atoms with Gasteiger partial charge >= 0.3 is 0 Å². The summed E-state index contributed by atoms with van der Waals surface area (Å²) < 4.78 is 0. The molecular formula is C22H22ClN3O. The first-order valence-corrected chi connectivity index (χ1v) is 9.55. The van der Waals surface area contributed by atoms with E-state index in [1.165, 1.54) is 0 Å². The van der Waals surface area contributed by atoms with Gasteiger partial charge in [0.05, 0.1) is 11.3 Å². The smallest absolute Gasteiger partial charge is 0.225 e. The number of hydrogen-bond donors (Lipinski definition) is 1. The monoisotopic (exact) mass is 379 g/mol. The van der Waals surface area contributed by atoms with Crippen molar-refractivity contribution in [2.75, 3.05) is 18.0 Å².